The fraction of sp³-hybridized carbons (Fsp3) is 0.130. The van der Waals surface area contributed by atoms with E-state index in [1.165, 1.54) is 0 Å². The second-order valence-corrected chi connectivity index (χ2v) is 9.99. The van der Waals surface area contributed by atoms with E-state index < -0.39 is 9.84 Å². The number of aromatic nitrogens is 1. The average Bonchev–Trinajstić information content (AvgIpc) is 3.19. The van der Waals surface area contributed by atoms with Gasteiger partial charge in [-0.3, -0.25) is 4.79 Å². The molecule has 7 heteroatoms. The van der Waals surface area contributed by atoms with E-state index in [1.807, 2.05) is 48.5 Å². The Morgan fingerprint density at radius 2 is 1.70 bits per heavy atom. The van der Waals surface area contributed by atoms with Gasteiger partial charge in [-0.2, -0.15) is 0 Å². The lowest BCUT2D eigenvalue weighted by atomic mass is 10.2. The van der Waals surface area contributed by atoms with Crippen LogP contribution in [-0.2, 0) is 14.6 Å². The fourth-order valence-electron chi connectivity index (χ4n) is 3.12. The molecule has 3 aromatic carbocycles. The summed E-state index contributed by atoms with van der Waals surface area (Å²) >= 11 is 1.60. The van der Waals surface area contributed by atoms with Crippen LogP contribution in [0.15, 0.2) is 83.8 Å². The van der Waals surface area contributed by atoms with Crippen LogP contribution in [0.4, 0.5) is 5.69 Å². The SMILES string of the molecule is O=C(CCCS(=O)(=O)c1ccccc1)Nc1cccc(-c2nc3ccccc3s2)c1. The van der Waals surface area contributed by atoms with E-state index in [-0.39, 0.29) is 29.4 Å². The first-order valence-corrected chi connectivity index (χ1v) is 12.0. The number of fused-ring (bicyclic) bond motifs is 1. The molecule has 0 fully saturated rings. The van der Waals surface area contributed by atoms with Gasteiger partial charge in [0.05, 0.1) is 20.9 Å². The van der Waals surface area contributed by atoms with Crippen LogP contribution in [0.2, 0.25) is 0 Å². The maximum Gasteiger partial charge on any atom is 0.224 e. The minimum Gasteiger partial charge on any atom is -0.326 e. The number of carbonyl (C=O) groups is 1. The van der Waals surface area contributed by atoms with Gasteiger partial charge in [0.1, 0.15) is 5.01 Å². The summed E-state index contributed by atoms with van der Waals surface area (Å²) in [6, 6.07) is 23.8. The Hall–Kier alpha value is -3.03. The third-order valence-corrected chi connectivity index (χ3v) is 7.51. The molecular formula is C23H20N2O3S2. The van der Waals surface area contributed by atoms with Crippen LogP contribution in [0.5, 0.6) is 0 Å². The zero-order valence-electron chi connectivity index (χ0n) is 16.1. The molecule has 1 aromatic heterocycles. The van der Waals surface area contributed by atoms with Gasteiger partial charge in [0.25, 0.3) is 0 Å². The molecule has 30 heavy (non-hydrogen) atoms. The van der Waals surface area contributed by atoms with Gasteiger partial charge in [0.15, 0.2) is 9.84 Å². The van der Waals surface area contributed by atoms with E-state index in [4.69, 9.17) is 0 Å². The summed E-state index contributed by atoms with van der Waals surface area (Å²) in [6.07, 6.45) is 0.401. The quantitative estimate of drug-likeness (QED) is 0.434. The summed E-state index contributed by atoms with van der Waals surface area (Å²) in [5, 5.41) is 3.75. The lowest BCUT2D eigenvalue weighted by Crippen LogP contribution is -2.14. The van der Waals surface area contributed by atoms with Crippen molar-refractivity contribution < 1.29 is 13.2 Å². The van der Waals surface area contributed by atoms with Crippen molar-refractivity contribution >= 4 is 43.0 Å². The zero-order valence-corrected chi connectivity index (χ0v) is 17.7. The highest BCUT2D eigenvalue weighted by atomic mass is 32.2. The van der Waals surface area contributed by atoms with Crippen molar-refractivity contribution in [1.82, 2.24) is 4.98 Å². The van der Waals surface area contributed by atoms with Crippen molar-refractivity contribution in [3.05, 3.63) is 78.9 Å². The molecule has 152 valence electrons. The Balaban J connectivity index is 1.37. The van der Waals surface area contributed by atoms with Crippen molar-refractivity contribution in [2.45, 2.75) is 17.7 Å². The van der Waals surface area contributed by atoms with E-state index in [1.54, 1.807) is 41.7 Å². The highest BCUT2D eigenvalue weighted by molar-refractivity contribution is 7.91. The zero-order chi connectivity index (χ0) is 21.0. The van der Waals surface area contributed by atoms with Crippen LogP contribution in [0.25, 0.3) is 20.8 Å². The summed E-state index contributed by atoms with van der Waals surface area (Å²) in [6.45, 7) is 0. The van der Waals surface area contributed by atoms with Gasteiger partial charge < -0.3 is 5.32 Å². The number of amides is 1. The third-order valence-electron chi connectivity index (χ3n) is 4.61. The Labute approximate surface area is 179 Å². The van der Waals surface area contributed by atoms with E-state index in [2.05, 4.69) is 10.3 Å². The monoisotopic (exact) mass is 436 g/mol. The average molecular weight is 437 g/mol. The molecule has 5 nitrogen and oxygen atoms in total. The molecule has 4 rings (SSSR count). The van der Waals surface area contributed by atoms with E-state index in [0.29, 0.717) is 5.69 Å². The first kappa shape index (κ1) is 20.3. The van der Waals surface area contributed by atoms with Gasteiger partial charge in [-0.15, -0.1) is 11.3 Å². The largest absolute Gasteiger partial charge is 0.326 e. The van der Waals surface area contributed by atoms with Crippen molar-refractivity contribution in [1.29, 1.82) is 0 Å². The topological polar surface area (TPSA) is 76.1 Å². The normalized spacial score (nSPS) is 11.5. The van der Waals surface area contributed by atoms with Gasteiger partial charge in [-0.05, 0) is 42.8 Å². The number of thiazole rings is 1. The first-order chi connectivity index (χ1) is 14.5. The Morgan fingerprint density at radius 3 is 2.50 bits per heavy atom. The van der Waals surface area contributed by atoms with Gasteiger partial charge in [-0.25, -0.2) is 13.4 Å². The number of nitrogens with one attached hydrogen (secondary N) is 1. The molecule has 0 aliphatic rings. The summed E-state index contributed by atoms with van der Waals surface area (Å²) in [7, 11) is -3.37. The molecule has 0 atom stereocenters. The number of para-hydroxylation sites is 1. The molecule has 1 N–H and O–H groups in total. The number of anilines is 1. The number of hydrogen-bond acceptors (Lipinski definition) is 5. The summed E-state index contributed by atoms with van der Waals surface area (Å²) < 4.78 is 25.7. The molecule has 0 saturated heterocycles. The smallest absolute Gasteiger partial charge is 0.224 e. The maximum atomic E-state index is 12.3. The third kappa shape index (κ3) is 4.75. The summed E-state index contributed by atoms with van der Waals surface area (Å²) in [4.78, 5) is 17.2. The number of rotatable bonds is 7. The molecule has 0 saturated carbocycles. The van der Waals surface area contributed by atoms with Gasteiger partial charge >= 0.3 is 0 Å². The number of carbonyl (C=O) groups excluding carboxylic acids is 1. The molecule has 0 unspecified atom stereocenters. The van der Waals surface area contributed by atoms with Gasteiger partial charge in [0.2, 0.25) is 5.91 Å². The standard InChI is InChI=1S/C23H20N2O3S2/c26-22(14-7-15-30(27,28)19-10-2-1-3-11-19)24-18-9-6-8-17(16-18)23-25-20-12-4-5-13-21(20)29-23/h1-6,8-13,16H,7,14-15H2,(H,24,26). The fourth-order valence-corrected chi connectivity index (χ4v) is 5.41. The highest BCUT2D eigenvalue weighted by Crippen LogP contribution is 2.31. The lowest BCUT2D eigenvalue weighted by molar-refractivity contribution is -0.116. The lowest BCUT2D eigenvalue weighted by Gasteiger charge is -2.07. The minimum atomic E-state index is -3.37. The Kier molecular flexibility index (Phi) is 5.92. The van der Waals surface area contributed by atoms with Crippen LogP contribution >= 0.6 is 11.3 Å². The predicted octanol–water partition coefficient (Wildman–Crippen LogP) is 5.16. The summed E-state index contributed by atoms with van der Waals surface area (Å²) in [5.41, 5.74) is 2.55. The number of benzene rings is 3. The van der Waals surface area contributed by atoms with Crippen LogP contribution in [0.1, 0.15) is 12.8 Å². The van der Waals surface area contributed by atoms with E-state index in [0.717, 1.165) is 20.8 Å². The molecule has 1 heterocycles. The molecule has 0 spiro atoms. The maximum absolute atomic E-state index is 12.3. The predicted molar refractivity (Wildman–Crippen MR) is 121 cm³/mol. The van der Waals surface area contributed by atoms with Crippen molar-refractivity contribution in [3.63, 3.8) is 0 Å². The van der Waals surface area contributed by atoms with Crippen LogP contribution in [0.3, 0.4) is 0 Å². The van der Waals surface area contributed by atoms with Crippen molar-refractivity contribution in [3.8, 4) is 10.6 Å². The van der Waals surface area contributed by atoms with Crippen LogP contribution < -0.4 is 5.32 Å². The van der Waals surface area contributed by atoms with Gasteiger partial charge in [-0.1, -0.05) is 42.5 Å². The minimum absolute atomic E-state index is 0.0593. The Morgan fingerprint density at radius 1 is 0.933 bits per heavy atom. The summed E-state index contributed by atoms with van der Waals surface area (Å²) in [5.74, 6) is -0.268. The second kappa shape index (κ2) is 8.77. The number of sulfone groups is 1. The molecule has 0 aliphatic carbocycles. The first-order valence-electron chi connectivity index (χ1n) is 9.55. The second-order valence-electron chi connectivity index (χ2n) is 6.85. The molecule has 0 bridgehead atoms. The van der Waals surface area contributed by atoms with E-state index >= 15 is 0 Å². The molecule has 4 aromatic rings. The van der Waals surface area contributed by atoms with Crippen molar-refractivity contribution in [2.75, 3.05) is 11.1 Å². The molecule has 0 radical (unpaired) electrons. The number of nitrogens with zero attached hydrogens (tertiary/aromatic N) is 1. The molecule has 0 aliphatic heterocycles. The number of hydrogen-bond donors (Lipinski definition) is 1. The highest BCUT2D eigenvalue weighted by Gasteiger charge is 2.15. The van der Waals surface area contributed by atoms with Crippen LogP contribution in [0, 0.1) is 0 Å². The molecule has 1 amide bonds. The Bertz CT molecular complexity index is 1250. The van der Waals surface area contributed by atoms with Crippen LogP contribution in [-0.4, -0.2) is 25.1 Å². The van der Waals surface area contributed by atoms with E-state index in [9.17, 15) is 13.2 Å². The van der Waals surface area contributed by atoms with Gasteiger partial charge in [0, 0.05) is 17.7 Å². The van der Waals surface area contributed by atoms with Crippen molar-refractivity contribution in [2.24, 2.45) is 0 Å². The molecular weight excluding hydrogens is 416 g/mol.